The number of ketones is 1. The highest BCUT2D eigenvalue weighted by Gasteiger charge is 2.52. The van der Waals surface area contributed by atoms with Gasteiger partial charge < -0.3 is 4.57 Å². The van der Waals surface area contributed by atoms with Gasteiger partial charge >= 0.3 is 6.18 Å². The van der Waals surface area contributed by atoms with Crippen molar-refractivity contribution >= 4 is 22.8 Å². The topological polar surface area (TPSA) is 85.9 Å². The Bertz CT molecular complexity index is 1750. The molecule has 14 heteroatoms. The molecule has 0 radical (unpaired) electrons. The molecule has 0 amide bonds. The third-order valence-electron chi connectivity index (χ3n) is 7.98. The third-order valence-corrected chi connectivity index (χ3v) is 9.45. The highest BCUT2D eigenvalue weighted by atomic mass is 32.2. The zero-order chi connectivity index (χ0) is 30.5. The quantitative estimate of drug-likeness (QED) is 0.161. The van der Waals surface area contributed by atoms with Gasteiger partial charge in [0.05, 0.1) is 28.4 Å². The first-order valence-electron chi connectivity index (χ1n) is 13.4. The molecule has 4 heterocycles. The number of rotatable bonds is 7. The number of nitrogens with zero attached hydrogens (tertiary/aromatic N) is 6. The lowest BCUT2D eigenvalue weighted by molar-refractivity contribution is -0.140. The Kier molecular flexibility index (Phi) is 7.37. The van der Waals surface area contributed by atoms with Crippen molar-refractivity contribution in [1.82, 2.24) is 28.6 Å². The van der Waals surface area contributed by atoms with Crippen LogP contribution in [0, 0.1) is 17.2 Å². The van der Waals surface area contributed by atoms with Crippen LogP contribution >= 0.6 is 0 Å². The Morgan fingerprint density at radius 1 is 1.16 bits per heavy atom. The first-order valence-corrected chi connectivity index (χ1v) is 14.5. The largest absolute Gasteiger partial charge is 0.402 e. The van der Waals surface area contributed by atoms with Gasteiger partial charge in [-0.25, -0.2) is 17.9 Å². The first kappa shape index (κ1) is 29.1. The van der Waals surface area contributed by atoms with Crippen LogP contribution in [0.4, 0.5) is 22.0 Å². The molecule has 3 unspecified atom stereocenters. The minimum Gasteiger partial charge on any atom is -0.315 e. The summed E-state index contributed by atoms with van der Waals surface area (Å²) in [5.74, 6) is -1.83. The number of aryl methyl sites for hydroxylation is 1. The molecule has 8 nitrogen and oxygen atoms in total. The average Bonchev–Trinajstić information content (AvgIpc) is 3.59. The van der Waals surface area contributed by atoms with Gasteiger partial charge in [0.2, 0.25) is 5.95 Å². The number of allylic oxidation sites excluding steroid dienone is 1. The Hall–Kier alpha value is -4.04. The van der Waals surface area contributed by atoms with Crippen LogP contribution in [-0.2, 0) is 24.5 Å². The predicted molar refractivity (Wildman–Crippen MR) is 146 cm³/mol. The van der Waals surface area contributed by atoms with Crippen LogP contribution in [-0.4, -0.2) is 57.4 Å². The van der Waals surface area contributed by atoms with Crippen LogP contribution in [0.3, 0.4) is 0 Å². The zero-order valence-corrected chi connectivity index (χ0v) is 23.6. The normalized spacial score (nSPS) is 20.8. The molecule has 4 aromatic heterocycles. The van der Waals surface area contributed by atoms with E-state index in [1.54, 1.807) is 29.9 Å². The standard InChI is InChI=1S/C29H25F5N6O2S/c1-38-16-23(15-37-38)43(42)40(17-29(32,33)34)21-3-2-19-10-25-18(7-9-39(25)22-4-5-26(31)36-14-22)12-28(19,13-21)27(41)24-11-20(30)6-8-35-24/h4-11,14-16,21H,2-3,12-13,17H2,1H3. The van der Waals surface area contributed by atoms with E-state index in [0.717, 1.165) is 22.1 Å². The van der Waals surface area contributed by atoms with Crippen molar-refractivity contribution < 1.29 is 31.0 Å². The fourth-order valence-corrected chi connectivity index (χ4v) is 7.44. The van der Waals surface area contributed by atoms with Crippen LogP contribution in [0.15, 0.2) is 71.8 Å². The lowest BCUT2D eigenvalue weighted by Gasteiger charge is -2.46. The molecule has 0 spiro atoms. The first-order chi connectivity index (χ1) is 20.4. The molecule has 0 saturated heterocycles. The number of halogens is 5. The van der Waals surface area contributed by atoms with Gasteiger partial charge in [0, 0.05) is 43.4 Å². The zero-order valence-electron chi connectivity index (χ0n) is 22.8. The average molecular weight is 617 g/mol. The minimum absolute atomic E-state index is 0.0966. The molecule has 1 saturated carbocycles. The summed E-state index contributed by atoms with van der Waals surface area (Å²) in [6.45, 7) is -1.46. The van der Waals surface area contributed by atoms with Crippen molar-refractivity contribution in [2.75, 3.05) is 6.54 Å². The maximum atomic E-state index is 14.3. The Morgan fingerprint density at radius 2 is 1.98 bits per heavy atom. The van der Waals surface area contributed by atoms with Gasteiger partial charge in [-0.05, 0) is 61.6 Å². The SMILES string of the molecule is Cn1cc(S(=O)N(CC(F)(F)F)C2CCC3=Cc4c(ccn4-c4ccc(F)nc4)CC3(C(=O)c3cc(F)ccn3)C2)cn1. The molecular formula is C29H25F5N6O2S. The summed E-state index contributed by atoms with van der Waals surface area (Å²) in [7, 11) is -0.653. The van der Waals surface area contributed by atoms with E-state index < -0.39 is 52.7 Å². The second kappa shape index (κ2) is 10.9. The predicted octanol–water partition coefficient (Wildman–Crippen LogP) is 5.23. The molecule has 6 rings (SSSR count). The number of pyridine rings is 2. The van der Waals surface area contributed by atoms with E-state index in [2.05, 4.69) is 15.1 Å². The fraction of sp³-hybridized carbons (Fsp3) is 0.310. The third kappa shape index (κ3) is 5.56. The van der Waals surface area contributed by atoms with Gasteiger partial charge in [-0.15, -0.1) is 0 Å². The summed E-state index contributed by atoms with van der Waals surface area (Å²) >= 11 is 0. The second-order valence-corrected chi connectivity index (χ2v) is 12.2. The van der Waals surface area contributed by atoms with E-state index in [-0.39, 0.29) is 36.3 Å². The highest BCUT2D eigenvalue weighted by Crippen LogP contribution is 2.51. The van der Waals surface area contributed by atoms with Crippen molar-refractivity contribution in [3.8, 4) is 5.69 Å². The molecule has 224 valence electrons. The van der Waals surface area contributed by atoms with Crippen molar-refractivity contribution in [2.45, 2.75) is 42.8 Å². The van der Waals surface area contributed by atoms with Crippen molar-refractivity contribution in [1.29, 1.82) is 0 Å². The highest BCUT2D eigenvalue weighted by molar-refractivity contribution is 7.82. The number of carbonyl (C=O) groups is 1. The minimum atomic E-state index is -4.67. The Balaban J connectivity index is 1.44. The molecule has 0 N–H and O–H groups in total. The molecular weight excluding hydrogens is 591 g/mol. The fourth-order valence-electron chi connectivity index (χ4n) is 6.08. The van der Waals surface area contributed by atoms with Gasteiger partial charge in [0.1, 0.15) is 29.0 Å². The summed E-state index contributed by atoms with van der Waals surface area (Å²) in [5, 5.41) is 3.96. The number of alkyl halides is 3. The lowest BCUT2D eigenvalue weighted by atomic mass is 9.60. The molecule has 0 aromatic carbocycles. The van der Waals surface area contributed by atoms with E-state index in [0.29, 0.717) is 16.8 Å². The smallest absolute Gasteiger partial charge is 0.315 e. The van der Waals surface area contributed by atoms with E-state index >= 15 is 0 Å². The number of carbonyl (C=O) groups excluding carboxylic acids is 1. The molecule has 0 bridgehead atoms. The maximum absolute atomic E-state index is 14.3. The summed E-state index contributed by atoms with van der Waals surface area (Å²) in [5.41, 5.74) is 1.17. The van der Waals surface area contributed by atoms with Crippen molar-refractivity contribution in [3.63, 3.8) is 0 Å². The number of fused-ring (bicyclic) bond motifs is 2. The van der Waals surface area contributed by atoms with Gasteiger partial charge in [-0.1, -0.05) is 5.57 Å². The van der Waals surface area contributed by atoms with Crippen LogP contribution in [0.2, 0.25) is 0 Å². The molecule has 2 aliphatic rings. The number of Topliss-reactive ketones (excluding diaryl/α,β-unsaturated/α-hetero) is 1. The Labute approximate surface area is 245 Å². The summed E-state index contributed by atoms with van der Waals surface area (Å²) < 4.78 is 86.9. The van der Waals surface area contributed by atoms with Gasteiger partial charge in [-0.2, -0.15) is 22.7 Å². The Morgan fingerprint density at radius 3 is 2.65 bits per heavy atom. The molecule has 4 aromatic rings. The summed E-state index contributed by atoms with van der Waals surface area (Å²) in [4.78, 5) is 22.2. The van der Waals surface area contributed by atoms with Gasteiger partial charge in [0.15, 0.2) is 5.78 Å². The number of hydrogen-bond acceptors (Lipinski definition) is 5. The van der Waals surface area contributed by atoms with Crippen LogP contribution in [0.5, 0.6) is 0 Å². The van der Waals surface area contributed by atoms with Crippen LogP contribution in [0.1, 0.15) is 41.0 Å². The van der Waals surface area contributed by atoms with Crippen LogP contribution in [0.25, 0.3) is 11.8 Å². The molecule has 0 aliphatic heterocycles. The monoisotopic (exact) mass is 616 g/mol. The second-order valence-electron chi connectivity index (χ2n) is 10.7. The number of aromatic nitrogens is 5. The molecule has 2 aliphatic carbocycles. The van der Waals surface area contributed by atoms with Gasteiger partial charge in [0.25, 0.3) is 0 Å². The van der Waals surface area contributed by atoms with Gasteiger partial charge in [-0.3, -0.25) is 14.5 Å². The van der Waals surface area contributed by atoms with E-state index in [9.17, 15) is 31.0 Å². The maximum Gasteiger partial charge on any atom is 0.402 e. The van der Waals surface area contributed by atoms with Crippen molar-refractivity contribution in [2.24, 2.45) is 12.5 Å². The summed E-state index contributed by atoms with van der Waals surface area (Å²) in [6, 6.07) is 5.78. The van der Waals surface area contributed by atoms with E-state index in [4.69, 9.17) is 0 Å². The molecule has 3 atom stereocenters. The lowest BCUT2D eigenvalue weighted by Crippen LogP contribution is -2.51. The van der Waals surface area contributed by atoms with E-state index in [1.807, 2.05) is 6.08 Å². The number of hydrogen-bond donors (Lipinski definition) is 0. The molecule has 1 fully saturated rings. The molecule has 43 heavy (non-hydrogen) atoms. The van der Waals surface area contributed by atoms with E-state index in [1.165, 1.54) is 35.5 Å². The van der Waals surface area contributed by atoms with Crippen LogP contribution < -0.4 is 0 Å². The van der Waals surface area contributed by atoms with Crippen molar-refractivity contribution in [3.05, 3.63) is 95.6 Å². The summed E-state index contributed by atoms with van der Waals surface area (Å²) in [6.07, 6.45) is 4.50.